The van der Waals surface area contributed by atoms with Crippen LogP contribution < -0.4 is 4.74 Å². The van der Waals surface area contributed by atoms with E-state index in [1.807, 2.05) is 27.7 Å². The zero-order valence-electron chi connectivity index (χ0n) is 18.2. The SMILES string of the molecule is Cc1cc(C)cc(C2=NN(C(=O)CCCOc3ccc(C(F)(F)F)cc3)C(C)(C)C2)c1. The summed E-state index contributed by atoms with van der Waals surface area (Å²) in [6.07, 6.45) is -3.01. The molecule has 0 saturated carbocycles. The Hall–Kier alpha value is -2.83. The van der Waals surface area contributed by atoms with Crippen LogP contribution in [0.2, 0.25) is 0 Å². The van der Waals surface area contributed by atoms with Crippen LogP contribution in [0.15, 0.2) is 47.6 Å². The van der Waals surface area contributed by atoms with Crippen molar-refractivity contribution in [3.8, 4) is 5.75 Å². The van der Waals surface area contributed by atoms with E-state index in [1.165, 1.54) is 12.1 Å². The Morgan fingerprint density at radius 3 is 2.29 bits per heavy atom. The number of benzene rings is 2. The third kappa shape index (κ3) is 5.66. The lowest BCUT2D eigenvalue weighted by Gasteiger charge is -2.28. The van der Waals surface area contributed by atoms with Crippen LogP contribution in [0.5, 0.6) is 5.75 Å². The Morgan fingerprint density at radius 1 is 1.10 bits per heavy atom. The van der Waals surface area contributed by atoms with E-state index in [2.05, 4.69) is 23.3 Å². The number of ether oxygens (including phenoxy) is 1. The smallest absolute Gasteiger partial charge is 0.416 e. The van der Waals surface area contributed by atoms with E-state index in [0.717, 1.165) is 34.5 Å². The molecule has 0 unspecified atom stereocenters. The predicted octanol–water partition coefficient (Wildman–Crippen LogP) is 5.90. The lowest BCUT2D eigenvalue weighted by molar-refractivity contribution is -0.138. The van der Waals surface area contributed by atoms with Gasteiger partial charge in [-0.3, -0.25) is 4.79 Å². The fraction of sp³-hybridized carbons (Fsp3) is 0.417. The van der Waals surface area contributed by atoms with E-state index in [9.17, 15) is 18.0 Å². The highest BCUT2D eigenvalue weighted by Gasteiger charge is 2.38. The maximum absolute atomic E-state index is 12.8. The number of carbonyl (C=O) groups excluding carboxylic acids is 1. The average molecular weight is 432 g/mol. The van der Waals surface area contributed by atoms with E-state index in [-0.39, 0.29) is 18.9 Å². The van der Waals surface area contributed by atoms with E-state index >= 15 is 0 Å². The first kappa shape index (κ1) is 22.8. The van der Waals surface area contributed by atoms with Crippen LogP contribution in [0.25, 0.3) is 0 Å². The van der Waals surface area contributed by atoms with Gasteiger partial charge in [-0.05, 0) is 63.9 Å². The summed E-state index contributed by atoms with van der Waals surface area (Å²) in [5.41, 5.74) is 3.10. The molecule has 0 saturated heterocycles. The largest absolute Gasteiger partial charge is 0.494 e. The van der Waals surface area contributed by atoms with Crippen molar-refractivity contribution in [1.82, 2.24) is 5.01 Å². The summed E-state index contributed by atoms with van der Waals surface area (Å²) in [4.78, 5) is 12.8. The van der Waals surface area contributed by atoms with Gasteiger partial charge in [0.05, 0.1) is 23.4 Å². The maximum atomic E-state index is 12.8. The Labute approximate surface area is 180 Å². The van der Waals surface area contributed by atoms with Crippen LogP contribution in [0.4, 0.5) is 13.2 Å². The first-order valence-electron chi connectivity index (χ1n) is 10.2. The van der Waals surface area contributed by atoms with Crippen LogP contribution in [-0.4, -0.2) is 28.8 Å². The molecule has 1 amide bonds. The number of hydrogen-bond donors (Lipinski definition) is 0. The van der Waals surface area contributed by atoms with Crippen molar-refractivity contribution < 1.29 is 22.7 Å². The minimum absolute atomic E-state index is 0.0969. The Morgan fingerprint density at radius 2 is 1.71 bits per heavy atom. The van der Waals surface area contributed by atoms with Crippen LogP contribution in [0, 0.1) is 13.8 Å². The fourth-order valence-corrected chi connectivity index (χ4v) is 3.73. The summed E-state index contributed by atoms with van der Waals surface area (Å²) in [5, 5.41) is 6.17. The van der Waals surface area contributed by atoms with Gasteiger partial charge < -0.3 is 4.74 Å². The minimum Gasteiger partial charge on any atom is -0.494 e. The summed E-state index contributed by atoms with van der Waals surface area (Å²) in [6.45, 7) is 8.29. The van der Waals surface area contributed by atoms with Crippen LogP contribution in [-0.2, 0) is 11.0 Å². The number of alkyl halides is 3. The molecule has 0 radical (unpaired) electrons. The van der Waals surface area contributed by atoms with E-state index in [4.69, 9.17) is 4.74 Å². The van der Waals surface area contributed by atoms with Crippen molar-refractivity contribution >= 4 is 11.6 Å². The van der Waals surface area contributed by atoms with Crippen molar-refractivity contribution in [1.29, 1.82) is 0 Å². The van der Waals surface area contributed by atoms with Gasteiger partial charge in [0.15, 0.2) is 0 Å². The van der Waals surface area contributed by atoms with Gasteiger partial charge in [-0.1, -0.05) is 29.3 Å². The van der Waals surface area contributed by atoms with Gasteiger partial charge >= 0.3 is 6.18 Å². The lowest BCUT2D eigenvalue weighted by atomic mass is 9.93. The monoisotopic (exact) mass is 432 g/mol. The molecule has 0 fully saturated rings. The zero-order valence-corrected chi connectivity index (χ0v) is 18.2. The van der Waals surface area contributed by atoms with Gasteiger partial charge in [0.1, 0.15) is 5.75 Å². The zero-order chi connectivity index (χ0) is 22.8. The number of rotatable bonds is 6. The molecule has 2 aromatic carbocycles. The molecular weight excluding hydrogens is 405 g/mol. The molecule has 166 valence electrons. The summed E-state index contributed by atoms with van der Waals surface area (Å²) in [5.74, 6) is 0.248. The standard InChI is InChI=1S/C24H27F3N2O2/c1-16-12-17(2)14-18(13-16)21-15-23(3,4)29(28-21)22(30)6-5-11-31-20-9-7-19(8-10-20)24(25,26)27/h7-10,12-14H,5-6,11,15H2,1-4H3. The maximum Gasteiger partial charge on any atom is 0.416 e. The van der Waals surface area contributed by atoms with Crippen LogP contribution in [0.1, 0.15) is 55.4 Å². The molecule has 1 heterocycles. The molecule has 2 aromatic rings. The van der Waals surface area contributed by atoms with Crippen LogP contribution in [0.3, 0.4) is 0 Å². The van der Waals surface area contributed by atoms with Gasteiger partial charge in [-0.2, -0.15) is 18.3 Å². The molecule has 0 N–H and O–H groups in total. The molecule has 7 heteroatoms. The first-order valence-corrected chi connectivity index (χ1v) is 10.2. The molecule has 3 rings (SSSR count). The molecule has 0 bridgehead atoms. The Balaban J connectivity index is 1.56. The van der Waals surface area contributed by atoms with Crippen molar-refractivity contribution in [2.75, 3.05) is 6.61 Å². The molecule has 31 heavy (non-hydrogen) atoms. The van der Waals surface area contributed by atoms with Crippen LogP contribution >= 0.6 is 0 Å². The number of hydrazone groups is 1. The Kier molecular flexibility index (Phi) is 6.43. The van der Waals surface area contributed by atoms with E-state index in [1.54, 1.807) is 5.01 Å². The van der Waals surface area contributed by atoms with Crippen molar-refractivity contribution in [2.45, 2.75) is 58.7 Å². The Bertz CT molecular complexity index is 959. The predicted molar refractivity (Wildman–Crippen MR) is 114 cm³/mol. The molecule has 0 atom stereocenters. The highest BCUT2D eigenvalue weighted by atomic mass is 19.4. The summed E-state index contributed by atoms with van der Waals surface area (Å²) in [6, 6.07) is 10.8. The van der Waals surface area contributed by atoms with E-state index in [0.29, 0.717) is 18.6 Å². The topological polar surface area (TPSA) is 41.9 Å². The molecule has 4 nitrogen and oxygen atoms in total. The van der Waals surface area contributed by atoms with Gasteiger partial charge in [0.25, 0.3) is 0 Å². The summed E-state index contributed by atoms with van der Waals surface area (Å²) < 4.78 is 43.3. The van der Waals surface area contributed by atoms with Crippen molar-refractivity contribution in [2.24, 2.45) is 5.10 Å². The average Bonchev–Trinajstić information content (AvgIpc) is 2.99. The van der Waals surface area contributed by atoms with Gasteiger partial charge in [-0.25, -0.2) is 5.01 Å². The quantitative estimate of drug-likeness (QED) is 0.534. The third-order valence-corrected chi connectivity index (χ3v) is 5.17. The number of carbonyl (C=O) groups is 1. The highest BCUT2D eigenvalue weighted by Crippen LogP contribution is 2.32. The van der Waals surface area contributed by atoms with E-state index < -0.39 is 17.3 Å². The highest BCUT2D eigenvalue weighted by molar-refractivity contribution is 6.03. The molecule has 0 spiro atoms. The second-order valence-corrected chi connectivity index (χ2v) is 8.59. The number of nitrogens with zero attached hydrogens (tertiary/aromatic N) is 2. The number of amides is 1. The first-order chi connectivity index (χ1) is 14.5. The number of aryl methyl sites for hydroxylation is 2. The van der Waals surface area contributed by atoms with Crippen molar-refractivity contribution in [3.05, 3.63) is 64.7 Å². The molecule has 0 aliphatic carbocycles. The normalized spacial score (nSPS) is 15.7. The third-order valence-electron chi connectivity index (χ3n) is 5.17. The minimum atomic E-state index is -4.37. The second kappa shape index (κ2) is 8.73. The lowest BCUT2D eigenvalue weighted by Crippen LogP contribution is -2.40. The second-order valence-electron chi connectivity index (χ2n) is 8.59. The van der Waals surface area contributed by atoms with Crippen molar-refractivity contribution in [3.63, 3.8) is 0 Å². The fourth-order valence-electron chi connectivity index (χ4n) is 3.73. The number of halogens is 3. The molecule has 0 aromatic heterocycles. The van der Waals surface area contributed by atoms with Gasteiger partial charge in [-0.15, -0.1) is 0 Å². The van der Waals surface area contributed by atoms with Gasteiger partial charge in [0, 0.05) is 12.8 Å². The van der Waals surface area contributed by atoms with Gasteiger partial charge in [0.2, 0.25) is 5.91 Å². The molecule has 1 aliphatic rings. The number of hydrogen-bond acceptors (Lipinski definition) is 3. The summed E-state index contributed by atoms with van der Waals surface area (Å²) in [7, 11) is 0. The summed E-state index contributed by atoms with van der Waals surface area (Å²) >= 11 is 0. The molecular formula is C24H27F3N2O2. The molecule has 1 aliphatic heterocycles.